The van der Waals surface area contributed by atoms with Crippen LogP contribution < -0.4 is 0 Å². The summed E-state index contributed by atoms with van der Waals surface area (Å²) in [5.74, 6) is -1.99. The summed E-state index contributed by atoms with van der Waals surface area (Å²) >= 11 is 0. The van der Waals surface area contributed by atoms with Gasteiger partial charge in [0, 0.05) is 0 Å². The first-order valence-corrected chi connectivity index (χ1v) is 6.16. The number of halogens is 2. The number of ether oxygens (including phenoxy) is 1. The first-order chi connectivity index (χ1) is 8.52. The summed E-state index contributed by atoms with van der Waals surface area (Å²) in [6.07, 6.45) is 1.45. The monoisotopic (exact) mass is 254 g/mol. The van der Waals surface area contributed by atoms with E-state index in [0.717, 1.165) is 0 Å². The Balaban J connectivity index is 2.33. The van der Waals surface area contributed by atoms with E-state index in [0.29, 0.717) is 37.0 Å². The summed E-state index contributed by atoms with van der Waals surface area (Å²) < 4.78 is 31.5. The van der Waals surface area contributed by atoms with E-state index in [1.165, 1.54) is 12.1 Å². The Morgan fingerprint density at radius 2 is 1.72 bits per heavy atom. The highest BCUT2D eigenvalue weighted by Crippen LogP contribution is 2.41. The lowest BCUT2D eigenvalue weighted by Crippen LogP contribution is -2.33. The van der Waals surface area contributed by atoms with Crippen LogP contribution in [0.1, 0.15) is 31.4 Å². The predicted molar refractivity (Wildman–Crippen MR) is 63.1 cm³/mol. The van der Waals surface area contributed by atoms with Crippen LogP contribution in [-0.4, -0.2) is 12.6 Å². The van der Waals surface area contributed by atoms with Gasteiger partial charge in [-0.25, -0.2) is 8.78 Å². The molecule has 0 atom stereocenters. The van der Waals surface area contributed by atoms with Crippen LogP contribution in [0.15, 0.2) is 12.1 Å². The highest BCUT2D eigenvalue weighted by Gasteiger charge is 2.44. The maximum absolute atomic E-state index is 13.2. The molecule has 0 bridgehead atoms. The van der Waals surface area contributed by atoms with Gasteiger partial charge in [-0.15, -0.1) is 0 Å². The maximum Gasteiger partial charge on any atom is 0.312 e. The van der Waals surface area contributed by atoms with E-state index in [1.807, 2.05) is 6.92 Å². The molecular weight excluding hydrogens is 238 g/mol. The number of esters is 1. The Labute approximate surface area is 105 Å². The second-order valence-electron chi connectivity index (χ2n) is 4.74. The molecule has 2 rings (SSSR count). The Morgan fingerprint density at radius 1 is 1.22 bits per heavy atom. The molecule has 0 fully saturated rings. The minimum atomic E-state index is -0.857. The Hall–Kier alpha value is -1.45. The van der Waals surface area contributed by atoms with E-state index in [-0.39, 0.29) is 5.97 Å². The van der Waals surface area contributed by atoms with Crippen LogP contribution in [0.4, 0.5) is 8.78 Å². The molecule has 0 unspecified atom stereocenters. The molecule has 4 heteroatoms. The fraction of sp³-hybridized carbons (Fsp3) is 0.500. The van der Waals surface area contributed by atoms with Gasteiger partial charge in [-0.1, -0.05) is 6.92 Å². The Bertz CT molecular complexity index is 452. The van der Waals surface area contributed by atoms with Gasteiger partial charge in [-0.05, 0) is 49.4 Å². The number of fused-ring (bicyclic) bond motifs is 1. The van der Waals surface area contributed by atoms with E-state index < -0.39 is 17.0 Å². The van der Waals surface area contributed by atoms with Crippen molar-refractivity contribution >= 4 is 5.97 Å². The number of hydrogen-bond acceptors (Lipinski definition) is 2. The minimum Gasteiger partial charge on any atom is -0.466 e. The fourth-order valence-corrected chi connectivity index (χ4v) is 2.57. The van der Waals surface area contributed by atoms with Gasteiger partial charge in [0.15, 0.2) is 11.6 Å². The van der Waals surface area contributed by atoms with E-state index in [9.17, 15) is 13.6 Å². The lowest BCUT2D eigenvalue weighted by molar-refractivity contribution is -0.155. The smallest absolute Gasteiger partial charge is 0.312 e. The molecule has 1 aliphatic rings. The Morgan fingerprint density at radius 3 is 2.11 bits per heavy atom. The zero-order valence-corrected chi connectivity index (χ0v) is 10.6. The van der Waals surface area contributed by atoms with Gasteiger partial charge in [0.05, 0.1) is 12.0 Å². The highest BCUT2D eigenvalue weighted by molar-refractivity contribution is 5.79. The summed E-state index contributed by atoms with van der Waals surface area (Å²) in [5.41, 5.74) is 0.770. The van der Waals surface area contributed by atoms with Crippen LogP contribution >= 0.6 is 0 Å². The van der Waals surface area contributed by atoms with Gasteiger partial charge >= 0.3 is 5.97 Å². The fourth-order valence-electron chi connectivity index (χ4n) is 2.57. The van der Waals surface area contributed by atoms with Crippen molar-refractivity contribution in [3.8, 4) is 0 Å². The van der Waals surface area contributed by atoms with Crippen molar-refractivity contribution in [3.05, 3.63) is 34.9 Å². The number of carbonyl (C=O) groups is 1. The topological polar surface area (TPSA) is 26.3 Å². The Kier molecular flexibility index (Phi) is 3.37. The molecule has 0 amide bonds. The van der Waals surface area contributed by atoms with Gasteiger partial charge in [-0.3, -0.25) is 4.79 Å². The first kappa shape index (κ1) is 13.0. The van der Waals surface area contributed by atoms with Crippen molar-refractivity contribution in [2.75, 3.05) is 6.61 Å². The third-order valence-corrected chi connectivity index (χ3v) is 3.69. The van der Waals surface area contributed by atoms with E-state index >= 15 is 0 Å². The third kappa shape index (κ3) is 2.00. The van der Waals surface area contributed by atoms with Gasteiger partial charge in [0.1, 0.15) is 0 Å². The number of carbonyl (C=O) groups excluding carboxylic acids is 1. The van der Waals surface area contributed by atoms with Crippen molar-refractivity contribution in [1.29, 1.82) is 0 Å². The summed E-state index contributed by atoms with van der Waals surface area (Å²) in [5, 5.41) is 0. The van der Waals surface area contributed by atoms with Crippen LogP contribution in [0.5, 0.6) is 0 Å². The van der Waals surface area contributed by atoms with Crippen molar-refractivity contribution in [2.45, 2.75) is 33.1 Å². The summed E-state index contributed by atoms with van der Waals surface area (Å²) in [7, 11) is 0. The molecule has 0 radical (unpaired) electrons. The molecule has 0 spiro atoms. The molecule has 1 aromatic rings. The second-order valence-corrected chi connectivity index (χ2v) is 4.74. The van der Waals surface area contributed by atoms with Crippen LogP contribution in [0.3, 0.4) is 0 Å². The van der Waals surface area contributed by atoms with E-state index in [1.54, 1.807) is 6.92 Å². The zero-order chi connectivity index (χ0) is 13.3. The molecule has 98 valence electrons. The molecule has 1 aromatic carbocycles. The average molecular weight is 254 g/mol. The molecule has 0 saturated carbocycles. The zero-order valence-electron chi connectivity index (χ0n) is 10.6. The van der Waals surface area contributed by atoms with Crippen LogP contribution in [-0.2, 0) is 22.4 Å². The number of benzene rings is 1. The first-order valence-electron chi connectivity index (χ1n) is 6.16. The van der Waals surface area contributed by atoms with Crippen molar-refractivity contribution in [2.24, 2.45) is 5.41 Å². The molecule has 0 aliphatic heterocycles. The van der Waals surface area contributed by atoms with Gasteiger partial charge in [0.2, 0.25) is 0 Å². The lowest BCUT2D eigenvalue weighted by atomic mass is 9.82. The van der Waals surface area contributed by atoms with Gasteiger partial charge in [-0.2, -0.15) is 0 Å². The molecular formula is C14H16F2O2. The SMILES string of the molecule is CCOC(=O)C1(CC)Cc2cc(F)c(F)cc2C1. The minimum absolute atomic E-state index is 0.274. The average Bonchev–Trinajstić information content (AvgIpc) is 2.69. The largest absolute Gasteiger partial charge is 0.466 e. The number of rotatable bonds is 3. The number of hydrogen-bond donors (Lipinski definition) is 0. The quantitative estimate of drug-likeness (QED) is 0.775. The molecule has 1 aliphatic carbocycles. The van der Waals surface area contributed by atoms with Crippen molar-refractivity contribution in [3.63, 3.8) is 0 Å². The normalized spacial score (nSPS) is 16.4. The van der Waals surface area contributed by atoms with Gasteiger partial charge < -0.3 is 4.74 Å². The maximum atomic E-state index is 13.2. The molecule has 18 heavy (non-hydrogen) atoms. The molecule has 0 heterocycles. The highest BCUT2D eigenvalue weighted by atomic mass is 19.2. The molecule has 0 saturated heterocycles. The summed E-state index contributed by atoms with van der Waals surface area (Å²) in [4.78, 5) is 12.0. The molecule has 2 nitrogen and oxygen atoms in total. The third-order valence-electron chi connectivity index (χ3n) is 3.69. The van der Waals surface area contributed by atoms with Crippen LogP contribution in [0, 0.1) is 17.0 Å². The predicted octanol–water partition coefficient (Wildman–Crippen LogP) is 3.02. The van der Waals surface area contributed by atoms with Crippen molar-refractivity contribution in [1.82, 2.24) is 0 Å². The molecule has 0 N–H and O–H groups in total. The van der Waals surface area contributed by atoms with Gasteiger partial charge in [0.25, 0.3) is 0 Å². The van der Waals surface area contributed by atoms with E-state index in [2.05, 4.69) is 0 Å². The van der Waals surface area contributed by atoms with Crippen LogP contribution in [0.25, 0.3) is 0 Å². The molecule has 0 aromatic heterocycles. The lowest BCUT2D eigenvalue weighted by Gasteiger charge is -2.24. The van der Waals surface area contributed by atoms with Crippen LogP contribution in [0.2, 0.25) is 0 Å². The van der Waals surface area contributed by atoms with Crippen molar-refractivity contribution < 1.29 is 18.3 Å². The second kappa shape index (κ2) is 4.67. The summed E-state index contributed by atoms with van der Waals surface area (Å²) in [6.45, 7) is 3.97. The van der Waals surface area contributed by atoms with E-state index in [4.69, 9.17) is 4.74 Å². The standard InChI is InChI=1S/C14H16F2O2/c1-3-14(13(17)18-4-2)7-9-5-11(15)12(16)6-10(9)8-14/h5-6H,3-4,7-8H2,1-2H3. The summed E-state index contributed by atoms with van der Waals surface area (Å²) in [6, 6.07) is 2.39.